The van der Waals surface area contributed by atoms with Crippen LogP contribution < -0.4 is 11.4 Å². The molecule has 0 spiro atoms. The second-order valence-corrected chi connectivity index (χ2v) is 19.0. The molecule has 2 aliphatic rings. The standard InChI is InChI=1S/C22H38FN3O5Si2/c1-13(2)32(14(3)4)28-12-18-20(30-33(31-32,15(5)6)16(7)8)17(11-23)21(29-18)26-10-9-19(24)25-22(26)27/h9-11,13-16,18,20-21H,12H2,1-8H3,(H2,24,25,27)/b17-11+/t18-,20+,21?/m1/s1. The van der Waals surface area contributed by atoms with Crippen LogP contribution in [0.4, 0.5) is 10.2 Å². The number of nitrogens with zero attached hydrogens (tertiary/aromatic N) is 2. The van der Waals surface area contributed by atoms with Crippen molar-refractivity contribution in [2.24, 2.45) is 0 Å². The maximum absolute atomic E-state index is 14.4. The highest BCUT2D eigenvalue weighted by molar-refractivity contribution is 6.84. The molecule has 3 rings (SSSR count). The van der Waals surface area contributed by atoms with Crippen LogP contribution in [0.2, 0.25) is 22.2 Å². The van der Waals surface area contributed by atoms with Crippen molar-refractivity contribution in [2.45, 2.75) is 96.0 Å². The molecule has 0 bridgehead atoms. The fraction of sp³-hybridized carbons (Fsp3) is 0.727. The van der Waals surface area contributed by atoms with Gasteiger partial charge in [-0.05, 0) is 28.2 Å². The lowest BCUT2D eigenvalue weighted by Crippen LogP contribution is -2.65. The van der Waals surface area contributed by atoms with Gasteiger partial charge in [0.25, 0.3) is 0 Å². The summed E-state index contributed by atoms with van der Waals surface area (Å²) < 4.78 is 42.5. The van der Waals surface area contributed by atoms with Crippen LogP contribution in [0.15, 0.2) is 29.0 Å². The largest absolute Gasteiger partial charge is 0.414 e. The monoisotopic (exact) mass is 499 g/mol. The number of hydrogen-bond donors (Lipinski definition) is 1. The summed E-state index contributed by atoms with van der Waals surface area (Å²) in [6.45, 7) is 17.1. The van der Waals surface area contributed by atoms with Crippen LogP contribution in [-0.4, -0.2) is 45.5 Å². The summed E-state index contributed by atoms with van der Waals surface area (Å²) in [6, 6.07) is 1.48. The Morgan fingerprint density at radius 2 is 1.67 bits per heavy atom. The van der Waals surface area contributed by atoms with Crippen molar-refractivity contribution in [3.63, 3.8) is 0 Å². The highest BCUT2D eigenvalue weighted by Gasteiger charge is 2.61. The number of nitrogens with two attached hydrogens (primary N) is 1. The topological polar surface area (TPSA) is 97.8 Å². The summed E-state index contributed by atoms with van der Waals surface area (Å²) in [6.07, 6.45) is -0.361. The Morgan fingerprint density at radius 3 is 2.15 bits per heavy atom. The minimum Gasteiger partial charge on any atom is -0.414 e. The maximum Gasteiger partial charge on any atom is 0.351 e. The molecule has 0 aliphatic carbocycles. The molecule has 2 saturated heterocycles. The first-order valence-corrected chi connectivity index (χ1v) is 15.7. The van der Waals surface area contributed by atoms with Gasteiger partial charge in [-0.25, -0.2) is 9.18 Å². The molecule has 3 atom stereocenters. The van der Waals surface area contributed by atoms with Gasteiger partial charge in [0.1, 0.15) is 18.0 Å². The number of anilines is 1. The summed E-state index contributed by atoms with van der Waals surface area (Å²) in [5.41, 5.74) is 5.78. The third-order valence-electron chi connectivity index (χ3n) is 6.81. The molecule has 1 aromatic rings. The van der Waals surface area contributed by atoms with Gasteiger partial charge in [0.15, 0.2) is 6.23 Å². The van der Waals surface area contributed by atoms with E-state index in [1.54, 1.807) is 0 Å². The summed E-state index contributed by atoms with van der Waals surface area (Å²) in [7, 11) is -5.70. The molecule has 0 saturated carbocycles. The van der Waals surface area contributed by atoms with E-state index in [-0.39, 0.29) is 40.2 Å². The Kier molecular flexibility index (Phi) is 7.71. The smallest absolute Gasteiger partial charge is 0.351 e. The summed E-state index contributed by atoms with van der Waals surface area (Å²) in [5.74, 6) is 0.0923. The van der Waals surface area contributed by atoms with Gasteiger partial charge in [-0.2, -0.15) is 4.98 Å². The quantitative estimate of drug-likeness (QED) is 0.594. The van der Waals surface area contributed by atoms with Gasteiger partial charge in [0, 0.05) is 11.8 Å². The number of hydrogen-bond acceptors (Lipinski definition) is 7. The molecule has 3 heterocycles. The molecule has 186 valence electrons. The lowest BCUT2D eigenvalue weighted by molar-refractivity contribution is -0.0561. The fourth-order valence-corrected chi connectivity index (χ4v) is 16.2. The maximum atomic E-state index is 14.4. The number of nitrogen functional groups attached to an aromatic ring is 1. The molecule has 2 N–H and O–H groups in total. The first-order chi connectivity index (χ1) is 15.4. The van der Waals surface area contributed by atoms with Gasteiger partial charge in [-0.1, -0.05) is 55.4 Å². The normalized spacial score (nSPS) is 28.5. The predicted octanol–water partition coefficient (Wildman–Crippen LogP) is 4.53. The number of rotatable bonds is 5. The van der Waals surface area contributed by atoms with Crippen molar-refractivity contribution in [1.82, 2.24) is 9.55 Å². The number of aromatic nitrogens is 2. The van der Waals surface area contributed by atoms with Crippen LogP contribution in [0.25, 0.3) is 0 Å². The summed E-state index contributed by atoms with van der Waals surface area (Å²) in [4.78, 5) is 16.3. The van der Waals surface area contributed by atoms with Crippen molar-refractivity contribution in [2.75, 3.05) is 12.3 Å². The predicted molar refractivity (Wildman–Crippen MR) is 130 cm³/mol. The van der Waals surface area contributed by atoms with Crippen molar-refractivity contribution >= 4 is 22.9 Å². The molecule has 2 fully saturated rings. The van der Waals surface area contributed by atoms with E-state index in [0.29, 0.717) is 6.33 Å². The van der Waals surface area contributed by atoms with Gasteiger partial charge >= 0.3 is 22.8 Å². The van der Waals surface area contributed by atoms with Crippen LogP contribution in [0.5, 0.6) is 0 Å². The zero-order valence-electron chi connectivity index (χ0n) is 20.9. The fourth-order valence-electron chi connectivity index (χ4n) is 5.01. The van der Waals surface area contributed by atoms with E-state index in [1.807, 2.05) is 0 Å². The lowest BCUT2D eigenvalue weighted by atomic mass is 10.1. The van der Waals surface area contributed by atoms with E-state index in [1.165, 1.54) is 16.8 Å². The van der Waals surface area contributed by atoms with Crippen molar-refractivity contribution < 1.29 is 22.1 Å². The molecule has 2 aliphatic heterocycles. The summed E-state index contributed by atoms with van der Waals surface area (Å²) >= 11 is 0. The Bertz CT molecular complexity index is 921. The van der Waals surface area contributed by atoms with Crippen LogP contribution in [-0.2, 0) is 17.7 Å². The zero-order valence-corrected chi connectivity index (χ0v) is 22.9. The van der Waals surface area contributed by atoms with Crippen LogP contribution in [0.3, 0.4) is 0 Å². The Hall–Kier alpha value is -1.38. The first kappa shape index (κ1) is 26.2. The van der Waals surface area contributed by atoms with Gasteiger partial charge < -0.3 is 23.4 Å². The zero-order chi connectivity index (χ0) is 24.7. The molecule has 1 unspecified atom stereocenters. The third kappa shape index (κ3) is 4.51. The molecule has 33 heavy (non-hydrogen) atoms. The Balaban J connectivity index is 2.13. The van der Waals surface area contributed by atoms with E-state index < -0.39 is 41.2 Å². The third-order valence-corrected chi connectivity index (χ3v) is 17.0. The van der Waals surface area contributed by atoms with Gasteiger partial charge in [-0.3, -0.25) is 4.57 Å². The molecule has 11 heteroatoms. The van der Waals surface area contributed by atoms with Gasteiger partial charge in [-0.15, -0.1) is 0 Å². The highest BCUT2D eigenvalue weighted by Crippen LogP contribution is 2.49. The molecule has 0 aromatic carbocycles. The second-order valence-electron chi connectivity index (χ2n) is 10.2. The van der Waals surface area contributed by atoms with Crippen LogP contribution in [0, 0.1) is 0 Å². The number of fused-ring (bicyclic) bond motifs is 1. The minimum absolute atomic E-state index is 0.0880. The molecule has 0 radical (unpaired) electrons. The summed E-state index contributed by atoms with van der Waals surface area (Å²) in [5, 5.41) is 0. The van der Waals surface area contributed by atoms with E-state index >= 15 is 0 Å². The van der Waals surface area contributed by atoms with Crippen LogP contribution >= 0.6 is 0 Å². The highest BCUT2D eigenvalue weighted by atomic mass is 28.5. The molecular formula is C22H38FN3O5Si2. The van der Waals surface area contributed by atoms with E-state index in [4.69, 9.17) is 23.4 Å². The Morgan fingerprint density at radius 1 is 1.09 bits per heavy atom. The number of halogens is 1. The molecule has 8 nitrogen and oxygen atoms in total. The van der Waals surface area contributed by atoms with Gasteiger partial charge in [0.2, 0.25) is 0 Å². The average molecular weight is 500 g/mol. The Labute approximate surface area is 197 Å². The van der Waals surface area contributed by atoms with E-state index in [2.05, 4.69) is 60.4 Å². The van der Waals surface area contributed by atoms with Crippen molar-refractivity contribution in [1.29, 1.82) is 0 Å². The lowest BCUT2D eigenvalue weighted by Gasteiger charge is -2.51. The molecule has 1 aromatic heterocycles. The first-order valence-electron chi connectivity index (χ1n) is 11.7. The molecule has 0 amide bonds. The van der Waals surface area contributed by atoms with E-state index in [0.717, 1.165) is 0 Å². The SMILES string of the molecule is CC(C)[Si]1(C(C)C)OC[C@H]2OC(n3ccc(N)nc3=O)/C(=C/F)[C@@H]2O[Si](C(C)C)(C(C)C)O1. The van der Waals surface area contributed by atoms with Crippen LogP contribution in [0.1, 0.15) is 61.6 Å². The molecular weight excluding hydrogens is 461 g/mol. The van der Waals surface area contributed by atoms with Gasteiger partial charge in [0.05, 0.1) is 12.9 Å². The minimum atomic E-state index is -2.95. The van der Waals surface area contributed by atoms with E-state index in [9.17, 15) is 9.18 Å². The second kappa shape index (κ2) is 9.70. The van der Waals surface area contributed by atoms with Crippen molar-refractivity contribution in [3.8, 4) is 0 Å². The average Bonchev–Trinajstić information content (AvgIpc) is 3.03. The van der Waals surface area contributed by atoms with Crippen molar-refractivity contribution in [3.05, 3.63) is 34.7 Å². The number of ether oxygens (including phenoxy) is 1.